The van der Waals surface area contributed by atoms with Gasteiger partial charge in [-0.3, -0.25) is 0 Å². The first kappa shape index (κ1) is 13.5. The van der Waals surface area contributed by atoms with Gasteiger partial charge in [0, 0.05) is 17.4 Å². The Morgan fingerprint density at radius 3 is 2.82 bits per heavy atom. The van der Waals surface area contributed by atoms with Crippen molar-refractivity contribution in [2.24, 2.45) is 0 Å². The highest BCUT2D eigenvalue weighted by atomic mass is 32.2. The third-order valence-electron chi connectivity index (χ3n) is 2.25. The number of hydrogen-bond donors (Lipinski definition) is 1. The van der Waals surface area contributed by atoms with Gasteiger partial charge in [0.25, 0.3) is 0 Å². The maximum absolute atomic E-state index is 10.4. The van der Waals surface area contributed by atoms with E-state index in [0.29, 0.717) is 12.8 Å². The summed E-state index contributed by atoms with van der Waals surface area (Å²) in [4.78, 5) is 21.9. The molecule has 0 saturated heterocycles. The lowest BCUT2D eigenvalue weighted by Gasteiger charge is -2.06. The number of carbonyl (C=O) groups excluding carboxylic acids is 1. The zero-order chi connectivity index (χ0) is 12.7. The summed E-state index contributed by atoms with van der Waals surface area (Å²) in [5.41, 5.74) is 1.92. The Balaban J connectivity index is 2.95. The lowest BCUT2D eigenvalue weighted by Crippen LogP contribution is -1.91. The lowest BCUT2D eigenvalue weighted by atomic mass is 10.1. The van der Waals surface area contributed by atoms with Crippen LogP contribution in [-0.2, 0) is 16.0 Å². The summed E-state index contributed by atoms with van der Waals surface area (Å²) in [7, 11) is 0. The lowest BCUT2D eigenvalue weighted by molar-refractivity contribution is -0.131. The first-order valence-corrected chi connectivity index (χ1v) is 6.41. The number of carboxylic acid groups (broad SMARTS) is 1. The average Bonchev–Trinajstić information content (AvgIpc) is 2.33. The number of carbonyl (C=O) groups is 2. The van der Waals surface area contributed by atoms with E-state index >= 15 is 0 Å². The highest BCUT2D eigenvalue weighted by Crippen LogP contribution is 2.23. The average molecular weight is 250 g/mol. The van der Waals surface area contributed by atoms with E-state index in [-0.39, 0.29) is 0 Å². The van der Waals surface area contributed by atoms with Crippen LogP contribution in [0.2, 0.25) is 0 Å². The minimum atomic E-state index is -0.964. The highest BCUT2D eigenvalue weighted by Gasteiger charge is 2.02. The molecular formula is C13H14O3S. The van der Waals surface area contributed by atoms with Crippen molar-refractivity contribution in [1.82, 2.24) is 0 Å². The molecule has 0 fully saturated rings. The van der Waals surface area contributed by atoms with Crippen LogP contribution in [0.15, 0.2) is 29.2 Å². The Labute approximate surface area is 105 Å². The predicted molar refractivity (Wildman–Crippen MR) is 69.3 cm³/mol. The molecule has 0 radical (unpaired) electrons. The van der Waals surface area contributed by atoms with Crippen molar-refractivity contribution >= 4 is 30.1 Å². The number of aryl methyl sites for hydroxylation is 1. The molecule has 0 aliphatic carbocycles. The second kappa shape index (κ2) is 6.91. The second-order valence-electron chi connectivity index (χ2n) is 3.45. The molecule has 1 aromatic rings. The summed E-state index contributed by atoms with van der Waals surface area (Å²) in [5.74, 6) is -0.964. The van der Waals surface area contributed by atoms with Gasteiger partial charge in [0.15, 0.2) is 0 Å². The van der Waals surface area contributed by atoms with E-state index in [2.05, 4.69) is 0 Å². The van der Waals surface area contributed by atoms with Gasteiger partial charge in [0.05, 0.1) is 0 Å². The molecule has 0 aliphatic rings. The Morgan fingerprint density at radius 2 is 2.24 bits per heavy atom. The first-order chi connectivity index (χ1) is 8.17. The number of thioether (sulfide) groups is 1. The molecule has 0 saturated carbocycles. The van der Waals surface area contributed by atoms with Crippen LogP contribution in [-0.4, -0.2) is 23.6 Å². The Hall–Kier alpha value is -1.55. The zero-order valence-electron chi connectivity index (χ0n) is 9.55. The minimum absolute atomic E-state index is 0.486. The second-order valence-corrected chi connectivity index (χ2v) is 4.30. The third-order valence-corrected chi connectivity index (χ3v) is 3.09. The van der Waals surface area contributed by atoms with Crippen molar-refractivity contribution in [2.75, 3.05) is 6.26 Å². The van der Waals surface area contributed by atoms with Gasteiger partial charge in [-0.15, -0.1) is 11.8 Å². The van der Waals surface area contributed by atoms with E-state index in [1.54, 1.807) is 17.8 Å². The van der Waals surface area contributed by atoms with Crippen LogP contribution in [0.5, 0.6) is 0 Å². The summed E-state index contributed by atoms with van der Waals surface area (Å²) >= 11 is 1.62. The van der Waals surface area contributed by atoms with Crippen molar-refractivity contribution in [3.63, 3.8) is 0 Å². The zero-order valence-corrected chi connectivity index (χ0v) is 10.4. The SMILES string of the molecule is CSc1ccc(/C=C/C(=O)O)cc1CCC=O. The summed E-state index contributed by atoms with van der Waals surface area (Å²) in [6, 6.07) is 5.75. The number of aliphatic carboxylic acids is 1. The quantitative estimate of drug-likeness (QED) is 0.479. The molecule has 0 atom stereocenters. The molecule has 4 heteroatoms. The molecule has 1 N–H and O–H groups in total. The van der Waals surface area contributed by atoms with Gasteiger partial charge in [-0.2, -0.15) is 0 Å². The molecule has 3 nitrogen and oxygen atoms in total. The van der Waals surface area contributed by atoms with Gasteiger partial charge in [-0.25, -0.2) is 4.79 Å². The molecular weight excluding hydrogens is 236 g/mol. The number of benzene rings is 1. The number of aldehydes is 1. The molecule has 17 heavy (non-hydrogen) atoms. The summed E-state index contributed by atoms with van der Waals surface area (Å²) in [6.45, 7) is 0. The minimum Gasteiger partial charge on any atom is -0.478 e. The number of rotatable bonds is 6. The Kier molecular flexibility index (Phi) is 5.49. The van der Waals surface area contributed by atoms with Crippen LogP contribution < -0.4 is 0 Å². The van der Waals surface area contributed by atoms with E-state index in [0.717, 1.165) is 28.4 Å². The van der Waals surface area contributed by atoms with E-state index in [1.165, 1.54) is 0 Å². The fraction of sp³-hybridized carbons (Fsp3) is 0.231. The van der Waals surface area contributed by atoms with Crippen LogP contribution in [0.3, 0.4) is 0 Å². The van der Waals surface area contributed by atoms with Gasteiger partial charge < -0.3 is 9.90 Å². The third kappa shape index (κ3) is 4.44. The maximum atomic E-state index is 10.4. The summed E-state index contributed by atoms with van der Waals surface area (Å²) in [6.07, 6.45) is 6.71. The van der Waals surface area contributed by atoms with Crippen molar-refractivity contribution in [2.45, 2.75) is 17.7 Å². The predicted octanol–water partition coefficient (Wildman–Crippen LogP) is 2.64. The molecule has 0 amide bonds. The number of carboxylic acids is 1. The summed E-state index contributed by atoms with van der Waals surface area (Å²) < 4.78 is 0. The summed E-state index contributed by atoms with van der Waals surface area (Å²) in [5, 5.41) is 8.55. The van der Waals surface area contributed by atoms with Crippen molar-refractivity contribution in [1.29, 1.82) is 0 Å². The molecule has 90 valence electrons. The fourth-order valence-electron chi connectivity index (χ4n) is 1.48. The van der Waals surface area contributed by atoms with Gasteiger partial charge >= 0.3 is 5.97 Å². The molecule has 0 spiro atoms. The van der Waals surface area contributed by atoms with Crippen LogP contribution >= 0.6 is 11.8 Å². The number of hydrogen-bond acceptors (Lipinski definition) is 3. The molecule has 1 rings (SSSR count). The monoisotopic (exact) mass is 250 g/mol. The molecule has 0 unspecified atom stereocenters. The van der Waals surface area contributed by atoms with E-state index in [1.807, 2.05) is 24.5 Å². The standard InChI is InChI=1S/C13H14O3S/c1-17-12-6-4-10(5-7-13(15)16)9-11(12)3-2-8-14/h4-9H,2-3H2,1H3,(H,15,16)/b7-5+. The van der Waals surface area contributed by atoms with Crippen LogP contribution in [0.4, 0.5) is 0 Å². The largest absolute Gasteiger partial charge is 0.478 e. The topological polar surface area (TPSA) is 54.4 Å². The Morgan fingerprint density at radius 1 is 1.47 bits per heavy atom. The van der Waals surface area contributed by atoms with E-state index in [9.17, 15) is 9.59 Å². The molecule has 0 bridgehead atoms. The van der Waals surface area contributed by atoms with E-state index in [4.69, 9.17) is 5.11 Å². The maximum Gasteiger partial charge on any atom is 0.328 e. The Bertz CT molecular complexity index is 438. The normalized spacial score (nSPS) is 10.6. The van der Waals surface area contributed by atoms with Crippen LogP contribution in [0, 0.1) is 0 Å². The van der Waals surface area contributed by atoms with Gasteiger partial charge in [0.2, 0.25) is 0 Å². The van der Waals surface area contributed by atoms with Crippen LogP contribution in [0.1, 0.15) is 17.5 Å². The van der Waals surface area contributed by atoms with Crippen molar-refractivity contribution in [3.8, 4) is 0 Å². The smallest absolute Gasteiger partial charge is 0.328 e. The van der Waals surface area contributed by atoms with Crippen LogP contribution in [0.25, 0.3) is 6.08 Å². The van der Waals surface area contributed by atoms with Crippen molar-refractivity contribution in [3.05, 3.63) is 35.4 Å². The van der Waals surface area contributed by atoms with E-state index < -0.39 is 5.97 Å². The highest BCUT2D eigenvalue weighted by molar-refractivity contribution is 7.98. The molecule has 0 aromatic heterocycles. The molecule has 0 heterocycles. The molecule has 1 aromatic carbocycles. The first-order valence-electron chi connectivity index (χ1n) is 5.19. The van der Waals surface area contributed by atoms with Gasteiger partial charge in [-0.1, -0.05) is 12.1 Å². The van der Waals surface area contributed by atoms with Gasteiger partial charge in [0.1, 0.15) is 6.29 Å². The molecule has 0 aliphatic heterocycles. The van der Waals surface area contributed by atoms with Gasteiger partial charge in [-0.05, 0) is 35.9 Å². The fourth-order valence-corrected chi connectivity index (χ4v) is 2.11. The van der Waals surface area contributed by atoms with Crippen molar-refractivity contribution < 1.29 is 14.7 Å².